The van der Waals surface area contributed by atoms with Crippen LogP contribution in [-0.4, -0.2) is 40.4 Å². The van der Waals surface area contributed by atoms with Crippen molar-refractivity contribution in [2.75, 3.05) is 24.5 Å². The minimum absolute atomic E-state index is 0.205. The van der Waals surface area contributed by atoms with Crippen LogP contribution in [0.15, 0.2) is 42.9 Å². The molecule has 0 saturated carbocycles. The van der Waals surface area contributed by atoms with Crippen molar-refractivity contribution in [1.82, 2.24) is 14.9 Å². The maximum absolute atomic E-state index is 12.5. The summed E-state index contributed by atoms with van der Waals surface area (Å²) >= 11 is 0. The first-order chi connectivity index (χ1) is 12.6. The lowest BCUT2D eigenvalue weighted by Gasteiger charge is -2.49. The molecule has 0 aliphatic carbocycles. The number of nitrogens with zero attached hydrogens (tertiary/aromatic N) is 4. The summed E-state index contributed by atoms with van der Waals surface area (Å²) < 4.78 is 0. The van der Waals surface area contributed by atoms with E-state index < -0.39 is 0 Å². The Labute approximate surface area is 155 Å². The zero-order valence-corrected chi connectivity index (χ0v) is 15.4. The van der Waals surface area contributed by atoms with Crippen LogP contribution in [0.25, 0.3) is 0 Å². The van der Waals surface area contributed by atoms with Crippen LogP contribution in [0.2, 0.25) is 0 Å². The minimum atomic E-state index is 0.205. The SMILES string of the molecule is Cc1cc(N2CCCC3(CCC(=O)N(Cc4ccncc4)C3)C2)ccn1. The monoisotopic (exact) mass is 350 g/mol. The fraction of sp³-hybridized carbons (Fsp3) is 0.476. The van der Waals surface area contributed by atoms with E-state index in [0.29, 0.717) is 13.0 Å². The molecule has 136 valence electrons. The third-order valence-corrected chi connectivity index (χ3v) is 5.78. The van der Waals surface area contributed by atoms with Gasteiger partial charge in [0.25, 0.3) is 0 Å². The van der Waals surface area contributed by atoms with Crippen LogP contribution in [0.4, 0.5) is 5.69 Å². The molecule has 0 aromatic carbocycles. The highest BCUT2D eigenvalue weighted by Gasteiger charge is 2.41. The second-order valence-electron chi connectivity index (χ2n) is 7.79. The Balaban J connectivity index is 1.51. The van der Waals surface area contributed by atoms with E-state index in [2.05, 4.69) is 31.9 Å². The van der Waals surface area contributed by atoms with Crippen LogP contribution in [0.1, 0.15) is 36.9 Å². The third-order valence-electron chi connectivity index (χ3n) is 5.78. The average Bonchev–Trinajstić information content (AvgIpc) is 2.66. The van der Waals surface area contributed by atoms with Gasteiger partial charge in [0.15, 0.2) is 0 Å². The van der Waals surface area contributed by atoms with E-state index in [0.717, 1.165) is 37.3 Å². The first kappa shape index (κ1) is 17.0. The van der Waals surface area contributed by atoms with E-state index in [-0.39, 0.29) is 11.3 Å². The van der Waals surface area contributed by atoms with E-state index in [9.17, 15) is 4.79 Å². The fourth-order valence-electron chi connectivity index (χ4n) is 4.44. The fourth-order valence-corrected chi connectivity index (χ4v) is 4.44. The normalized spacial score (nSPS) is 23.5. The lowest BCUT2D eigenvalue weighted by Crippen LogP contribution is -2.53. The van der Waals surface area contributed by atoms with Crippen molar-refractivity contribution >= 4 is 11.6 Å². The van der Waals surface area contributed by atoms with Crippen molar-refractivity contribution in [3.8, 4) is 0 Å². The molecule has 5 heteroatoms. The summed E-state index contributed by atoms with van der Waals surface area (Å²) in [6.45, 7) is 5.70. The van der Waals surface area contributed by atoms with Gasteiger partial charge >= 0.3 is 0 Å². The number of likely N-dealkylation sites (tertiary alicyclic amines) is 1. The third kappa shape index (κ3) is 3.57. The summed E-state index contributed by atoms with van der Waals surface area (Å²) in [6.07, 6.45) is 9.53. The summed E-state index contributed by atoms with van der Waals surface area (Å²) in [6, 6.07) is 8.28. The number of carbonyl (C=O) groups excluding carboxylic acids is 1. The maximum Gasteiger partial charge on any atom is 0.222 e. The molecule has 26 heavy (non-hydrogen) atoms. The molecule has 2 aliphatic rings. The molecule has 0 N–H and O–H groups in total. The van der Waals surface area contributed by atoms with Crippen LogP contribution < -0.4 is 4.90 Å². The second-order valence-corrected chi connectivity index (χ2v) is 7.79. The zero-order chi connectivity index (χ0) is 18.0. The van der Waals surface area contributed by atoms with Gasteiger partial charge in [-0.25, -0.2) is 0 Å². The molecule has 2 fully saturated rings. The molecule has 2 aromatic heterocycles. The van der Waals surface area contributed by atoms with E-state index in [1.165, 1.54) is 18.5 Å². The van der Waals surface area contributed by atoms with E-state index in [1.807, 2.05) is 25.3 Å². The van der Waals surface area contributed by atoms with Gasteiger partial charge in [0.05, 0.1) is 0 Å². The van der Waals surface area contributed by atoms with Gasteiger partial charge in [-0.15, -0.1) is 0 Å². The van der Waals surface area contributed by atoms with Crippen LogP contribution in [-0.2, 0) is 11.3 Å². The summed E-state index contributed by atoms with van der Waals surface area (Å²) in [5.74, 6) is 0.282. The molecule has 4 rings (SSSR count). The number of carbonyl (C=O) groups is 1. The number of anilines is 1. The molecule has 1 spiro atoms. The van der Waals surface area contributed by atoms with Gasteiger partial charge < -0.3 is 9.80 Å². The first-order valence-electron chi connectivity index (χ1n) is 9.48. The first-order valence-corrected chi connectivity index (χ1v) is 9.48. The average molecular weight is 350 g/mol. The predicted molar refractivity (Wildman–Crippen MR) is 102 cm³/mol. The Bertz CT molecular complexity index is 779. The lowest BCUT2D eigenvalue weighted by atomic mass is 9.73. The molecular formula is C21H26N4O. The number of amides is 1. The summed E-state index contributed by atoms with van der Waals surface area (Å²) in [4.78, 5) is 25.4. The molecule has 0 radical (unpaired) electrons. The van der Waals surface area contributed by atoms with Gasteiger partial charge in [0.1, 0.15) is 0 Å². The highest BCUT2D eigenvalue weighted by molar-refractivity contribution is 5.77. The molecule has 2 aromatic rings. The van der Waals surface area contributed by atoms with Gasteiger partial charge in [-0.3, -0.25) is 14.8 Å². The van der Waals surface area contributed by atoms with Gasteiger partial charge in [-0.05, 0) is 56.0 Å². The lowest BCUT2D eigenvalue weighted by molar-refractivity contribution is -0.138. The van der Waals surface area contributed by atoms with Crippen LogP contribution in [0.3, 0.4) is 0 Å². The number of rotatable bonds is 3. The molecule has 1 atom stereocenters. The predicted octanol–water partition coefficient (Wildman–Crippen LogP) is 3.19. The number of aromatic nitrogens is 2. The van der Waals surface area contributed by atoms with Crippen LogP contribution in [0.5, 0.6) is 0 Å². The van der Waals surface area contributed by atoms with Crippen molar-refractivity contribution in [3.05, 3.63) is 54.1 Å². The number of hydrogen-bond acceptors (Lipinski definition) is 4. The molecule has 2 saturated heterocycles. The molecule has 1 amide bonds. The molecule has 5 nitrogen and oxygen atoms in total. The summed E-state index contributed by atoms with van der Waals surface area (Å²) in [5, 5.41) is 0. The zero-order valence-electron chi connectivity index (χ0n) is 15.4. The topological polar surface area (TPSA) is 49.3 Å². The van der Waals surface area contributed by atoms with Crippen molar-refractivity contribution < 1.29 is 4.79 Å². The highest BCUT2D eigenvalue weighted by atomic mass is 16.2. The van der Waals surface area contributed by atoms with Crippen LogP contribution >= 0.6 is 0 Å². The van der Waals surface area contributed by atoms with Crippen LogP contribution in [0, 0.1) is 12.3 Å². The molecule has 2 aliphatic heterocycles. The maximum atomic E-state index is 12.5. The van der Waals surface area contributed by atoms with Gasteiger partial charge in [0, 0.05) is 68.0 Å². The molecule has 0 bridgehead atoms. The van der Waals surface area contributed by atoms with Gasteiger partial charge in [0.2, 0.25) is 5.91 Å². The Hall–Kier alpha value is -2.43. The van der Waals surface area contributed by atoms with Gasteiger partial charge in [-0.1, -0.05) is 0 Å². The van der Waals surface area contributed by atoms with Crippen molar-refractivity contribution in [3.63, 3.8) is 0 Å². The van der Waals surface area contributed by atoms with E-state index in [1.54, 1.807) is 12.4 Å². The van der Waals surface area contributed by atoms with Crippen molar-refractivity contribution in [1.29, 1.82) is 0 Å². The molecule has 4 heterocycles. The minimum Gasteiger partial charge on any atom is -0.371 e. The van der Waals surface area contributed by atoms with E-state index in [4.69, 9.17) is 0 Å². The Kier molecular flexibility index (Phi) is 4.62. The quantitative estimate of drug-likeness (QED) is 0.853. The smallest absolute Gasteiger partial charge is 0.222 e. The van der Waals surface area contributed by atoms with E-state index >= 15 is 0 Å². The second kappa shape index (κ2) is 7.06. The number of hydrogen-bond donors (Lipinski definition) is 0. The number of pyridine rings is 2. The Morgan fingerprint density at radius 1 is 1.12 bits per heavy atom. The summed E-state index contributed by atoms with van der Waals surface area (Å²) in [7, 11) is 0. The molecule has 1 unspecified atom stereocenters. The number of aryl methyl sites for hydroxylation is 1. The summed E-state index contributed by atoms with van der Waals surface area (Å²) in [5.41, 5.74) is 3.67. The highest BCUT2D eigenvalue weighted by Crippen LogP contribution is 2.40. The van der Waals surface area contributed by atoms with Crippen molar-refractivity contribution in [2.45, 2.75) is 39.2 Å². The number of piperidine rings is 2. The largest absolute Gasteiger partial charge is 0.371 e. The van der Waals surface area contributed by atoms with Gasteiger partial charge in [-0.2, -0.15) is 0 Å². The molecular weight excluding hydrogens is 324 g/mol. The Morgan fingerprint density at radius 3 is 2.77 bits per heavy atom. The van der Waals surface area contributed by atoms with Crippen molar-refractivity contribution in [2.24, 2.45) is 5.41 Å². The standard InChI is InChI=1S/C21H26N4O/c1-17-13-19(6-11-23-17)24-12-2-7-21(15-24)8-3-20(26)25(16-21)14-18-4-9-22-10-5-18/h4-6,9-11,13H,2-3,7-8,12,14-16H2,1H3. The Morgan fingerprint density at radius 2 is 1.96 bits per heavy atom.